The lowest BCUT2D eigenvalue weighted by atomic mass is 9.81. The number of aryl methyl sites for hydroxylation is 2. The highest BCUT2D eigenvalue weighted by Crippen LogP contribution is 2.28. The molecule has 0 radical (unpaired) electrons. The lowest BCUT2D eigenvalue weighted by molar-refractivity contribution is 0.325. The van der Waals surface area contributed by atoms with Gasteiger partial charge in [0.2, 0.25) is 0 Å². The molecule has 0 aliphatic heterocycles. The predicted octanol–water partition coefficient (Wildman–Crippen LogP) is 3.63. The van der Waals surface area contributed by atoms with Gasteiger partial charge in [-0.2, -0.15) is 0 Å². The van der Waals surface area contributed by atoms with Gasteiger partial charge in [0, 0.05) is 6.04 Å². The summed E-state index contributed by atoms with van der Waals surface area (Å²) in [7, 11) is 0. The highest BCUT2D eigenvalue weighted by atomic mass is 14.6. The summed E-state index contributed by atoms with van der Waals surface area (Å²) in [4.78, 5) is 0. The SMILES string of the molecule is NC1CCC(Cc2ccc3c(c2)CCCC3)CC1. The van der Waals surface area contributed by atoms with Crippen LogP contribution >= 0.6 is 0 Å². The molecule has 1 heteroatoms. The average molecular weight is 243 g/mol. The quantitative estimate of drug-likeness (QED) is 0.843. The maximum absolute atomic E-state index is 5.98. The molecular formula is C17H25N. The first-order valence-corrected chi connectivity index (χ1v) is 7.67. The van der Waals surface area contributed by atoms with E-state index >= 15 is 0 Å². The summed E-state index contributed by atoms with van der Waals surface area (Å²) in [6.07, 6.45) is 11.8. The third kappa shape index (κ3) is 2.77. The van der Waals surface area contributed by atoms with E-state index in [1.165, 1.54) is 57.8 Å². The third-order valence-corrected chi connectivity index (χ3v) is 4.83. The van der Waals surface area contributed by atoms with Crippen molar-refractivity contribution in [2.45, 2.75) is 63.8 Å². The molecule has 98 valence electrons. The normalized spacial score (nSPS) is 27.8. The molecule has 0 saturated heterocycles. The van der Waals surface area contributed by atoms with Gasteiger partial charge in [0.25, 0.3) is 0 Å². The van der Waals surface area contributed by atoms with Gasteiger partial charge in [-0.1, -0.05) is 18.2 Å². The second-order valence-corrected chi connectivity index (χ2v) is 6.30. The van der Waals surface area contributed by atoms with E-state index in [1.807, 2.05) is 0 Å². The highest BCUT2D eigenvalue weighted by molar-refractivity contribution is 5.34. The largest absolute Gasteiger partial charge is 0.328 e. The zero-order valence-corrected chi connectivity index (χ0v) is 11.3. The summed E-state index contributed by atoms with van der Waals surface area (Å²) < 4.78 is 0. The van der Waals surface area contributed by atoms with Crippen molar-refractivity contribution < 1.29 is 0 Å². The maximum atomic E-state index is 5.98. The van der Waals surface area contributed by atoms with Crippen molar-refractivity contribution in [1.82, 2.24) is 0 Å². The number of benzene rings is 1. The average Bonchev–Trinajstić information content (AvgIpc) is 2.41. The van der Waals surface area contributed by atoms with E-state index in [-0.39, 0.29) is 0 Å². The monoisotopic (exact) mass is 243 g/mol. The molecule has 0 spiro atoms. The van der Waals surface area contributed by atoms with Crippen molar-refractivity contribution in [2.75, 3.05) is 0 Å². The van der Waals surface area contributed by atoms with Crippen molar-refractivity contribution in [2.24, 2.45) is 11.7 Å². The lowest BCUT2D eigenvalue weighted by Gasteiger charge is -2.26. The van der Waals surface area contributed by atoms with Crippen LogP contribution in [0.3, 0.4) is 0 Å². The summed E-state index contributed by atoms with van der Waals surface area (Å²) in [5.74, 6) is 0.881. The Morgan fingerprint density at radius 2 is 1.67 bits per heavy atom. The minimum Gasteiger partial charge on any atom is -0.328 e. The predicted molar refractivity (Wildman–Crippen MR) is 76.7 cm³/mol. The van der Waals surface area contributed by atoms with Crippen molar-refractivity contribution in [3.8, 4) is 0 Å². The van der Waals surface area contributed by atoms with Crippen LogP contribution in [0.25, 0.3) is 0 Å². The van der Waals surface area contributed by atoms with E-state index in [4.69, 9.17) is 5.73 Å². The molecule has 0 bridgehead atoms. The molecular weight excluding hydrogens is 218 g/mol. The Balaban J connectivity index is 1.66. The molecule has 2 aliphatic carbocycles. The van der Waals surface area contributed by atoms with E-state index in [0.717, 1.165) is 5.92 Å². The zero-order valence-electron chi connectivity index (χ0n) is 11.3. The van der Waals surface area contributed by atoms with E-state index in [0.29, 0.717) is 6.04 Å². The first-order chi connectivity index (χ1) is 8.81. The fraction of sp³-hybridized carbons (Fsp3) is 0.647. The summed E-state index contributed by atoms with van der Waals surface area (Å²) >= 11 is 0. The number of rotatable bonds is 2. The Bertz CT molecular complexity index is 402. The van der Waals surface area contributed by atoms with E-state index in [9.17, 15) is 0 Å². The number of hydrogen-bond donors (Lipinski definition) is 1. The summed E-state index contributed by atoms with van der Waals surface area (Å²) in [5, 5.41) is 0. The molecule has 0 unspecified atom stereocenters. The van der Waals surface area contributed by atoms with Gasteiger partial charge in [0.05, 0.1) is 0 Å². The summed E-state index contributed by atoms with van der Waals surface area (Å²) in [6.45, 7) is 0. The fourth-order valence-corrected chi connectivity index (χ4v) is 3.64. The molecule has 0 aromatic heterocycles. The molecule has 3 rings (SSSR count). The lowest BCUT2D eigenvalue weighted by Crippen LogP contribution is -2.27. The van der Waals surface area contributed by atoms with Crippen molar-refractivity contribution in [1.29, 1.82) is 0 Å². The fourth-order valence-electron chi connectivity index (χ4n) is 3.64. The van der Waals surface area contributed by atoms with Gasteiger partial charge >= 0.3 is 0 Å². The second kappa shape index (κ2) is 5.44. The molecule has 18 heavy (non-hydrogen) atoms. The standard InChI is InChI=1S/C17H25N/c18-17-9-6-13(7-10-17)11-14-5-8-15-3-1-2-4-16(15)12-14/h5,8,12-13,17H,1-4,6-7,9-11,18H2. The molecule has 0 amide bonds. The number of fused-ring (bicyclic) bond motifs is 1. The van der Waals surface area contributed by atoms with Crippen LogP contribution in [0.5, 0.6) is 0 Å². The minimum atomic E-state index is 0.477. The van der Waals surface area contributed by atoms with Gasteiger partial charge in [-0.25, -0.2) is 0 Å². The van der Waals surface area contributed by atoms with Gasteiger partial charge in [-0.05, 0) is 80.4 Å². The maximum Gasteiger partial charge on any atom is 0.00390 e. The van der Waals surface area contributed by atoms with Gasteiger partial charge in [0.1, 0.15) is 0 Å². The molecule has 0 heterocycles. The van der Waals surface area contributed by atoms with Crippen LogP contribution in [-0.2, 0) is 19.3 Å². The van der Waals surface area contributed by atoms with Crippen LogP contribution in [0, 0.1) is 5.92 Å². The summed E-state index contributed by atoms with van der Waals surface area (Å²) in [5.41, 5.74) is 10.8. The molecule has 2 aliphatic rings. The molecule has 1 fully saturated rings. The minimum absolute atomic E-state index is 0.477. The van der Waals surface area contributed by atoms with E-state index in [1.54, 1.807) is 16.7 Å². The van der Waals surface area contributed by atoms with E-state index in [2.05, 4.69) is 18.2 Å². The Labute approximate surface area is 111 Å². The van der Waals surface area contributed by atoms with Crippen LogP contribution < -0.4 is 5.73 Å². The first kappa shape index (κ1) is 12.2. The Kier molecular flexibility index (Phi) is 3.69. The van der Waals surface area contributed by atoms with E-state index < -0.39 is 0 Å². The van der Waals surface area contributed by atoms with Gasteiger partial charge in [-0.3, -0.25) is 0 Å². The van der Waals surface area contributed by atoms with Gasteiger partial charge in [0.15, 0.2) is 0 Å². The smallest absolute Gasteiger partial charge is 0.00390 e. The Hall–Kier alpha value is -0.820. The van der Waals surface area contributed by atoms with Gasteiger partial charge < -0.3 is 5.73 Å². The Morgan fingerprint density at radius 1 is 0.944 bits per heavy atom. The molecule has 2 N–H and O–H groups in total. The molecule has 1 aromatic rings. The van der Waals surface area contributed by atoms with Crippen LogP contribution in [0.1, 0.15) is 55.2 Å². The summed E-state index contributed by atoms with van der Waals surface area (Å²) in [6, 6.07) is 7.73. The topological polar surface area (TPSA) is 26.0 Å². The van der Waals surface area contributed by atoms with Gasteiger partial charge in [-0.15, -0.1) is 0 Å². The number of nitrogens with two attached hydrogens (primary N) is 1. The van der Waals surface area contributed by atoms with Crippen molar-refractivity contribution in [3.05, 3.63) is 34.9 Å². The van der Waals surface area contributed by atoms with Crippen LogP contribution in [-0.4, -0.2) is 6.04 Å². The first-order valence-electron chi connectivity index (χ1n) is 7.67. The van der Waals surface area contributed by atoms with Crippen LogP contribution in [0.4, 0.5) is 0 Å². The van der Waals surface area contributed by atoms with Crippen molar-refractivity contribution >= 4 is 0 Å². The van der Waals surface area contributed by atoms with Crippen LogP contribution in [0.2, 0.25) is 0 Å². The highest BCUT2D eigenvalue weighted by Gasteiger charge is 2.19. The molecule has 0 atom stereocenters. The molecule has 1 saturated carbocycles. The third-order valence-electron chi connectivity index (χ3n) is 4.83. The Morgan fingerprint density at radius 3 is 2.44 bits per heavy atom. The molecule has 1 aromatic carbocycles. The van der Waals surface area contributed by atoms with Crippen molar-refractivity contribution in [3.63, 3.8) is 0 Å². The molecule has 1 nitrogen and oxygen atoms in total. The number of hydrogen-bond acceptors (Lipinski definition) is 1. The van der Waals surface area contributed by atoms with Crippen LogP contribution in [0.15, 0.2) is 18.2 Å². The zero-order chi connectivity index (χ0) is 12.4. The second-order valence-electron chi connectivity index (χ2n) is 6.30.